The monoisotopic (exact) mass is 355 g/mol. The van der Waals surface area contributed by atoms with Gasteiger partial charge in [-0.3, -0.25) is 0 Å². The fourth-order valence-electron chi connectivity index (χ4n) is 3.41. The molecule has 1 saturated heterocycles. The molecule has 0 aliphatic carbocycles. The molecule has 1 aromatic heterocycles. The maximum absolute atomic E-state index is 12.3. The lowest BCUT2D eigenvalue weighted by Crippen LogP contribution is -2.47. The Morgan fingerprint density at radius 3 is 2.81 bits per heavy atom. The Hall–Kier alpha value is -2.34. The number of carbonyl (C=O) groups is 1. The molecule has 1 aromatic carbocycles. The predicted molar refractivity (Wildman–Crippen MR) is 103 cm³/mol. The molecular weight excluding hydrogens is 326 g/mol. The summed E-state index contributed by atoms with van der Waals surface area (Å²) in [7, 11) is 0. The van der Waals surface area contributed by atoms with E-state index in [0.29, 0.717) is 6.54 Å². The highest BCUT2D eigenvalue weighted by Crippen LogP contribution is 2.14. The number of urea groups is 1. The first-order valence-electron chi connectivity index (χ1n) is 9.59. The van der Waals surface area contributed by atoms with Crippen LogP contribution in [0.15, 0.2) is 43.0 Å². The summed E-state index contributed by atoms with van der Waals surface area (Å²) in [5, 5.41) is 6.12. The molecule has 1 aliphatic heterocycles. The quantitative estimate of drug-likeness (QED) is 0.803. The van der Waals surface area contributed by atoms with Gasteiger partial charge in [-0.25, -0.2) is 9.78 Å². The maximum Gasteiger partial charge on any atom is 0.315 e. The van der Waals surface area contributed by atoms with Crippen LogP contribution in [0, 0.1) is 0 Å². The number of likely N-dealkylation sites (tertiary alicyclic amines) is 1. The molecule has 2 N–H and O–H groups in total. The van der Waals surface area contributed by atoms with Crippen molar-refractivity contribution in [2.75, 3.05) is 19.6 Å². The molecule has 6 heteroatoms. The van der Waals surface area contributed by atoms with Gasteiger partial charge in [-0.05, 0) is 37.4 Å². The number of unbranched alkanes of at least 4 members (excludes halogenated alkanes) is 1. The van der Waals surface area contributed by atoms with Crippen LogP contribution in [0.1, 0.15) is 38.2 Å². The zero-order valence-electron chi connectivity index (χ0n) is 15.5. The van der Waals surface area contributed by atoms with Crippen LogP contribution in [0.3, 0.4) is 0 Å². The summed E-state index contributed by atoms with van der Waals surface area (Å²) in [6.07, 6.45) is 9.99. The van der Waals surface area contributed by atoms with Crippen LogP contribution in [0.2, 0.25) is 0 Å². The van der Waals surface area contributed by atoms with Crippen LogP contribution in [0.4, 0.5) is 4.79 Å². The van der Waals surface area contributed by atoms with Crippen molar-refractivity contribution in [1.29, 1.82) is 0 Å². The number of aromatic nitrogens is 2. The minimum atomic E-state index is -0.0857. The van der Waals surface area contributed by atoms with Crippen LogP contribution in [0.5, 0.6) is 0 Å². The summed E-state index contributed by atoms with van der Waals surface area (Å²) in [6.45, 7) is 6.06. The van der Waals surface area contributed by atoms with Crippen molar-refractivity contribution in [2.45, 2.75) is 45.2 Å². The van der Waals surface area contributed by atoms with Gasteiger partial charge in [0.2, 0.25) is 0 Å². The average Bonchev–Trinajstić information content (AvgIpc) is 3.21. The van der Waals surface area contributed by atoms with Gasteiger partial charge >= 0.3 is 6.03 Å². The number of amides is 2. The lowest BCUT2D eigenvalue weighted by molar-refractivity contribution is 0.190. The fourth-order valence-corrected chi connectivity index (χ4v) is 3.41. The molecule has 2 amide bonds. The third-order valence-electron chi connectivity index (χ3n) is 4.96. The van der Waals surface area contributed by atoms with Crippen molar-refractivity contribution in [3.8, 4) is 5.69 Å². The van der Waals surface area contributed by atoms with Gasteiger partial charge in [0.05, 0.1) is 12.0 Å². The van der Waals surface area contributed by atoms with Gasteiger partial charge in [0.25, 0.3) is 0 Å². The van der Waals surface area contributed by atoms with E-state index in [1.54, 1.807) is 12.5 Å². The average molecular weight is 355 g/mol. The third-order valence-corrected chi connectivity index (χ3v) is 4.96. The van der Waals surface area contributed by atoms with E-state index < -0.39 is 0 Å². The molecule has 3 rings (SSSR count). The van der Waals surface area contributed by atoms with Crippen LogP contribution in [-0.2, 0) is 6.54 Å². The first-order chi connectivity index (χ1) is 12.8. The number of rotatable bonds is 7. The highest BCUT2D eigenvalue weighted by atomic mass is 16.2. The first kappa shape index (κ1) is 18.5. The Kier molecular flexibility index (Phi) is 6.66. The van der Waals surface area contributed by atoms with Gasteiger partial charge in [-0.2, -0.15) is 0 Å². The SMILES string of the molecule is CCCCN1CCC(NC(=O)NCc2ccccc2-n2ccnc2)CC1. The number of carbonyl (C=O) groups excluding carboxylic acids is 1. The molecule has 26 heavy (non-hydrogen) atoms. The number of nitrogens with zero attached hydrogens (tertiary/aromatic N) is 3. The van der Waals surface area contributed by atoms with E-state index in [4.69, 9.17) is 0 Å². The molecule has 0 radical (unpaired) electrons. The topological polar surface area (TPSA) is 62.2 Å². The molecule has 0 bridgehead atoms. The van der Waals surface area contributed by atoms with Crippen LogP contribution in [-0.4, -0.2) is 46.2 Å². The zero-order valence-corrected chi connectivity index (χ0v) is 15.5. The number of nitrogens with one attached hydrogen (secondary N) is 2. The summed E-state index contributed by atoms with van der Waals surface area (Å²) in [5.74, 6) is 0. The normalized spacial score (nSPS) is 15.7. The Labute approximate surface area is 155 Å². The number of para-hydroxylation sites is 1. The molecule has 1 aliphatic rings. The highest BCUT2D eigenvalue weighted by Gasteiger charge is 2.20. The summed E-state index contributed by atoms with van der Waals surface area (Å²) in [6, 6.07) is 8.23. The van der Waals surface area contributed by atoms with E-state index in [0.717, 1.165) is 37.2 Å². The van der Waals surface area contributed by atoms with Crippen molar-refractivity contribution in [2.24, 2.45) is 0 Å². The van der Waals surface area contributed by atoms with Gasteiger partial charge in [-0.1, -0.05) is 31.5 Å². The standard InChI is InChI=1S/C20H29N5O/c1-2-3-11-24-12-8-18(9-13-24)23-20(26)22-15-17-6-4-5-7-19(17)25-14-10-21-16-25/h4-7,10,14,16,18H,2-3,8-9,11-13,15H2,1H3,(H2,22,23,26). The number of hydrogen-bond donors (Lipinski definition) is 2. The Morgan fingerprint density at radius 2 is 2.08 bits per heavy atom. The Bertz CT molecular complexity index is 677. The molecule has 6 nitrogen and oxygen atoms in total. The number of benzene rings is 1. The van der Waals surface area contributed by atoms with Crippen molar-refractivity contribution in [1.82, 2.24) is 25.1 Å². The molecule has 140 valence electrons. The predicted octanol–water partition coefficient (Wildman–Crippen LogP) is 2.94. The summed E-state index contributed by atoms with van der Waals surface area (Å²) < 4.78 is 1.96. The Balaban J connectivity index is 1.46. The van der Waals surface area contributed by atoms with Gasteiger partial charge in [-0.15, -0.1) is 0 Å². The maximum atomic E-state index is 12.3. The smallest absolute Gasteiger partial charge is 0.315 e. The van der Waals surface area contributed by atoms with Crippen LogP contribution >= 0.6 is 0 Å². The second-order valence-corrected chi connectivity index (χ2v) is 6.90. The summed E-state index contributed by atoms with van der Waals surface area (Å²) in [4.78, 5) is 18.9. The second kappa shape index (κ2) is 9.38. The minimum absolute atomic E-state index is 0.0857. The number of imidazole rings is 1. The van der Waals surface area contributed by atoms with Crippen molar-refractivity contribution in [3.05, 3.63) is 48.5 Å². The third kappa shape index (κ3) is 5.08. The fraction of sp³-hybridized carbons (Fsp3) is 0.500. The van der Waals surface area contributed by atoms with Crippen molar-refractivity contribution in [3.63, 3.8) is 0 Å². The number of piperidine rings is 1. The van der Waals surface area contributed by atoms with E-state index in [9.17, 15) is 4.79 Å². The molecule has 2 heterocycles. The van der Waals surface area contributed by atoms with Gasteiger partial charge in [0.15, 0.2) is 0 Å². The lowest BCUT2D eigenvalue weighted by atomic mass is 10.0. The van der Waals surface area contributed by atoms with Crippen LogP contribution in [0.25, 0.3) is 5.69 Å². The van der Waals surface area contributed by atoms with Crippen molar-refractivity contribution >= 4 is 6.03 Å². The molecule has 1 fully saturated rings. The molecule has 0 atom stereocenters. The van der Waals surface area contributed by atoms with E-state index in [2.05, 4.69) is 27.4 Å². The summed E-state index contributed by atoms with van der Waals surface area (Å²) >= 11 is 0. The van der Waals surface area contributed by atoms with Crippen molar-refractivity contribution < 1.29 is 4.79 Å². The molecule has 0 unspecified atom stereocenters. The van der Waals surface area contributed by atoms with E-state index in [-0.39, 0.29) is 12.1 Å². The highest BCUT2D eigenvalue weighted by molar-refractivity contribution is 5.74. The van der Waals surface area contributed by atoms with Gasteiger partial charge in [0.1, 0.15) is 0 Å². The largest absolute Gasteiger partial charge is 0.335 e. The van der Waals surface area contributed by atoms with Crippen LogP contribution < -0.4 is 10.6 Å². The van der Waals surface area contributed by atoms with E-state index in [1.165, 1.54) is 19.4 Å². The second-order valence-electron chi connectivity index (χ2n) is 6.90. The van der Waals surface area contributed by atoms with E-state index >= 15 is 0 Å². The molecule has 2 aromatic rings. The first-order valence-corrected chi connectivity index (χ1v) is 9.59. The summed E-state index contributed by atoms with van der Waals surface area (Å²) in [5.41, 5.74) is 2.10. The molecule has 0 saturated carbocycles. The minimum Gasteiger partial charge on any atom is -0.335 e. The number of hydrogen-bond acceptors (Lipinski definition) is 3. The zero-order chi connectivity index (χ0) is 18.2. The Morgan fingerprint density at radius 1 is 1.27 bits per heavy atom. The van der Waals surface area contributed by atoms with E-state index in [1.807, 2.05) is 35.0 Å². The lowest BCUT2D eigenvalue weighted by Gasteiger charge is -2.32. The molecular formula is C20H29N5O. The van der Waals surface area contributed by atoms with Gasteiger partial charge in [0, 0.05) is 38.1 Å². The van der Waals surface area contributed by atoms with Gasteiger partial charge < -0.3 is 20.1 Å². The molecule has 0 spiro atoms.